The maximum absolute atomic E-state index is 12.3. The van der Waals surface area contributed by atoms with Crippen LogP contribution >= 0.6 is 0 Å². The Hall–Kier alpha value is -0.980. The van der Waals surface area contributed by atoms with Gasteiger partial charge in [0.15, 0.2) is 0 Å². The molecule has 0 aliphatic carbocycles. The normalized spacial score (nSPS) is 13.0. The molecule has 0 bridgehead atoms. The topological polar surface area (TPSA) is 76.3 Å². The van der Waals surface area contributed by atoms with Crippen LogP contribution in [0.25, 0.3) is 0 Å². The van der Waals surface area contributed by atoms with Crippen molar-refractivity contribution in [3.05, 3.63) is 24.0 Å². The van der Waals surface area contributed by atoms with Crippen molar-refractivity contribution in [3.8, 4) is 0 Å². The molecule has 2 N–H and O–H groups in total. The van der Waals surface area contributed by atoms with E-state index in [2.05, 4.69) is 4.98 Å². The highest BCUT2D eigenvalue weighted by atomic mass is 32.2. The van der Waals surface area contributed by atoms with E-state index in [0.717, 1.165) is 0 Å². The van der Waals surface area contributed by atoms with E-state index in [9.17, 15) is 8.42 Å². The van der Waals surface area contributed by atoms with Crippen LogP contribution < -0.4 is 5.73 Å². The second-order valence-electron chi connectivity index (χ2n) is 5.51. The molecule has 6 heteroatoms. The largest absolute Gasteiger partial charge is 0.325 e. The van der Waals surface area contributed by atoms with Gasteiger partial charge in [0.2, 0.25) is 10.0 Å². The minimum Gasteiger partial charge on any atom is -0.325 e. The van der Waals surface area contributed by atoms with E-state index in [1.54, 1.807) is 19.2 Å². The van der Waals surface area contributed by atoms with Gasteiger partial charge >= 0.3 is 0 Å². The highest BCUT2D eigenvalue weighted by Gasteiger charge is 2.25. The molecule has 0 atom stereocenters. The molecule has 0 aliphatic heterocycles. The molecule has 0 spiro atoms. The Morgan fingerprint density at radius 1 is 1.33 bits per heavy atom. The molecular formula is C12H21N3O2S. The molecule has 0 saturated heterocycles. The van der Waals surface area contributed by atoms with Crippen molar-refractivity contribution in [3.63, 3.8) is 0 Å². The number of nitrogens with zero attached hydrogens (tertiary/aromatic N) is 2. The van der Waals surface area contributed by atoms with Crippen molar-refractivity contribution < 1.29 is 8.42 Å². The predicted octanol–water partition coefficient (Wildman–Crippen LogP) is 1.21. The summed E-state index contributed by atoms with van der Waals surface area (Å²) in [4.78, 5) is 4.21. The molecule has 0 aromatic carbocycles. The minimum atomic E-state index is -3.47. The van der Waals surface area contributed by atoms with Gasteiger partial charge in [0.1, 0.15) is 4.90 Å². The maximum Gasteiger partial charge on any atom is 0.244 e. The van der Waals surface area contributed by atoms with E-state index in [1.165, 1.54) is 10.5 Å². The van der Waals surface area contributed by atoms with E-state index < -0.39 is 10.0 Å². The molecule has 0 fully saturated rings. The molecule has 0 aliphatic rings. The average Bonchev–Trinajstić information content (AvgIpc) is 2.27. The third kappa shape index (κ3) is 3.76. The van der Waals surface area contributed by atoms with Gasteiger partial charge in [-0.05, 0) is 17.5 Å². The van der Waals surface area contributed by atoms with Gasteiger partial charge in [-0.25, -0.2) is 12.7 Å². The van der Waals surface area contributed by atoms with Crippen LogP contribution in [0, 0.1) is 5.41 Å². The monoisotopic (exact) mass is 271 g/mol. The zero-order valence-corrected chi connectivity index (χ0v) is 12.2. The number of hydrogen-bond donors (Lipinski definition) is 1. The average molecular weight is 271 g/mol. The molecule has 18 heavy (non-hydrogen) atoms. The van der Waals surface area contributed by atoms with Gasteiger partial charge in [-0.3, -0.25) is 4.98 Å². The lowest BCUT2D eigenvalue weighted by atomic mass is 9.97. The van der Waals surface area contributed by atoms with E-state index in [1.807, 2.05) is 20.8 Å². The standard InChI is InChI=1S/C12H21N3O2S/c1-12(2,3)9-15(4)18(16,17)11-6-5-10(7-13)14-8-11/h5-6,8H,7,9,13H2,1-4H3. The van der Waals surface area contributed by atoms with E-state index in [-0.39, 0.29) is 10.3 Å². The lowest BCUT2D eigenvalue weighted by Gasteiger charge is -2.25. The summed E-state index contributed by atoms with van der Waals surface area (Å²) in [5.74, 6) is 0. The SMILES string of the molecule is CN(CC(C)(C)C)S(=O)(=O)c1ccc(CN)nc1. The van der Waals surface area contributed by atoms with Crippen LogP contribution in [0.3, 0.4) is 0 Å². The first-order chi connectivity index (χ1) is 8.16. The van der Waals surface area contributed by atoms with Crippen molar-refractivity contribution in [1.82, 2.24) is 9.29 Å². The first-order valence-electron chi connectivity index (χ1n) is 5.78. The Morgan fingerprint density at radius 3 is 2.33 bits per heavy atom. The number of aromatic nitrogens is 1. The molecule has 1 aromatic heterocycles. The Balaban J connectivity index is 2.98. The first-order valence-corrected chi connectivity index (χ1v) is 7.22. The van der Waals surface area contributed by atoms with Crippen LogP contribution in [0.2, 0.25) is 0 Å². The zero-order chi connectivity index (χ0) is 14.0. The Labute approximate surface area is 109 Å². The van der Waals surface area contributed by atoms with E-state index in [0.29, 0.717) is 18.8 Å². The molecule has 1 rings (SSSR count). The second-order valence-corrected chi connectivity index (χ2v) is 7.56. The van der Waals surface area contributed by atoms with Gasteiger partial charge in [0.05, 0.1) is 5.69 Å². The fraction of sp³-hybridized carbons (Fsp3) is 0.583. The molecule has 1 heterocycles. The summed E-state index contributed by atoms with van der Waals surface area (Å²) in [5, 5.41) is 0. The molecule has 102 valence electrons. The summed E-state index contributed by atoms with van der Waals surface area (Å²) < 4.78 is 25.9. The van der Waals surface area contributed by atoms with Crippen molar-refractivity contribution >= 4 is 10.0 Å². The summed E-state index contributed by atoms with van der Waals surface area (Å²) >= 11 is 0. The van der Waals surface area contributed by atoms with E-state index in [4.69, 9.17) is 5.73 Å². The van der Waals surface area contributed by atoms with E-state index >= 15 is 0 Å². The van der Waals surface area contributed by atoms with Gasteiger partial charge in [-0.15, -0.1) is 0 Å². The Morgan fingerprint density at radius 2 is 1.94 bits per heavy atom. The third-order valence-electron chi connectivity index (χ3n) is 2.41. The van der Waals surface area contributed by atoms with Gasteiger partial charge in [0, 0.05) is 26.3 Å². The minimum absolute atomic E-state index is 0.0908. The lowest BCUT2D eigenvalue weighted by Crippen LogP contribution is -2.34. The number of nitrogens with two attached hydrogens (primary N) is 1. The van der Waals surface area contributed by atoms with Crippen LogP contribution in [0.1, 0.15) is 26.5 Å². The van der Waals surface area contributed by atoms with Crippen LogP contribution in [-0.2, 0) is 16.6 Å². The Kier molecular flexibility index (Phi) is 4.47. The number of sulfonamides is 1. The smallest absolute Gasteiger partial charge is 0.244 e. The molecule has 0 amide bonds. The molecule has 1 aromatic rings. The fourth-order valence-electron chi connectivity index (χ4n) is 1.62. The number of hydrogen-bond acceptors (Lipinski definition) is 4. The zero-order valence-electron chi connectivity index (χ0n) is 11.3. The highest BCUT2D eigenvalue weighted by molar-refractivity contribution is 7.89. The van der Waals surface area contributed by atoms with Gasteiger partial charge in [0.25, 0.3) is 0 Å². The molecular weight excluding hydrogens is 250 g/mol. The summed E-state index contributed by atoms with van der Waals surface area (Å²) in [7, 11) is -1.89. The number of rotatable bonds is 4. The quantitative estimate of drug-likeness (QED) is 0.893. The molecule has 5 nitrogen and oxygen atoms in total. The van der Waals surface area contributed by atoms with Crippen molar-refractivity contribution in [2.24, 2.45) is 11.1 Å². The van der Waals surface area contributed by atoms with Crippen LogP contribution in [0.15, 0.2) is 23.2 Å². The molecule has 0 saturated carbocycles. The predicted molar refractivity (Wildman–Crippen MR) is 71.4 cm³/mol. The summed E-state index contributed by atoms with van der Waals surface area (Å²) in [5.41, 5.74) is 6.01. The third-order valence-corrected chi connectivity index (χ3v) is 4.20. The van der Waals surface area contributed by atoms with Gasteiger partial charge < -0.3 is 5.73 Å². The van der Waals surface area contributed by atoms with Gasteiger partial charge in [-0.2, -0.15) is 0 Å². The first kappa shape index (κ1) is 15.1. The lowest BCUT2D eigenvalue weighted by molar-refractivity contribution is 0.310. The highest BCUT2D eigenvalue weighted by Crippen LogP contribution is 2.20. The molecule has 0 radical (unpaired) electrons. The molecule has 0 unspecified atom stereocenters. The second kappa shape index (κ2) is 5.34. The van der Waals surface area contributed by atoms with Crippen molar-refractivity contribution in [1.29, 1.82) is 0 Å². The van der Waals surface area contributed by atoms with Crippen LogP contribution in [-0.4, -0.2) is 31.3 Å². The van der Waals surface area contributed by atoms with Crippen LogP contribution in [0.4, 0.5) is 0 Å². The van der Waals surface area contributed by atoms with Crippen molar-refractivity contribution in [2.45, 2.75) is 32.2 Å². The Bertz CT molecular complexity index is 489. The fourth-order valence-corrected chi connectivity index (χ4v) is 2.96. The van der Waals surface area contributed by atoms with Crippen molar-refractivity contribution in [2.75, 3.05) is 13.6 Å². The van der Waals surface area contributed by atoms with Gasteiger partial charge in [-0.1, -0.05) is 20.8 Å². The summed E-state index contributed by atoms with van der Waals surface area (Å²) in [6, 6.07) is 3.18. The maximum atomic E-state index is 12.3. The number of pyridine rings is 1. The summed E-state index contributed by atoms with van der Waals surface area (Å²) in [6.45, 7) is 6.74. The van der Waals surface area contributed by atoms with Crippen LogP contribution in [0.5, 0.6) is 0 Å². The summed E-state index contributed by atoms with van der Waals surface area (Å²) in [6.07, 6.45) is 1.36.